The molecule has 0 heterocycles. The number of esters is 1. The van der Waals surface area contributed by atoms with Crippen LogP contribution in [0.4, 0.5) is 0 Å². The standard InChI is InChI=1S/C21H38O2/c1-3-5-6-8-17-9-11-18(12-10-17)19-13-15-20(16-14-19)23-21(22)7-4-2/h17-20H,3-16H2,1-2H3. The number of hydrogen-bond acceptors (Lipinski definition) is 2. The molecule has 2 heteroatoms. The Hall–Kier alpha value is -0.530. The van der Waals surface area contributed by atoms with Crippen molar-refractivity contribution in [3.63, 3.8) is 0 Å². The van der Waals surface area contributed by atoms with Crippen LogP contribution in [-0.4, -0.2) is 12.1 Å². The summed E-state index contributed by atoms with van der Waals surface area (Å²) in [6.45, 7) is 4.34. The van der Waals surface area contributed by atoms with Gasteiger partial charge < -0.3 is 4.74 Å². The third-order valence-corrected chi connectivity index (χ3v) is 6.25. The van der Waals surface area contributed by atoms with Gasteiger partial charge in [-0.2, -0.15) is 0 Å². The van der Waals surface area contributed by atoms with Gasteiger partial charge in [-0.25, -0.2) is 0 Å². The molecule has 23 heavy (non-hydrogen) atoms. The molecular formula is C21H38O2. The van der Waals surface area contributed by atoms with Crippen LogP contribution >= 0.6 is 0 Å². The van der Waals surface area contributed by atoms with Crippen LogP contribution in [0.25, 0.3) is 0 Å². The molecule has 0 aliphatic heterocycles. The number of carbonyl (C=O) groups is 1. The SMILES string of the molecule is CCCCCC1CCC(C2CCC(OC(=O)CCC)CC2)CC1. The van der Waals surface area contributed by atoms with E-state index in [0.29, 0.717) is 6.42 Å². The Balaban J connectivity index is 1.62. The Kier molecular flexibility index (Phi) is 8.47. The van der Waals surface area contributed by atoms with Gasteiger partial charge in [0.2, 0.25) is 0 Å². The first kappa shape index (κ1) is 18.8. The molecule has 0 spiro atoms. The fourth-order valence-corrected chi connectivity index (χ4v) is 4.76. The highest BCUT2D eigenvalue weighted by Crippen LogP contribution is 2.41. The molecule has 2 aliphatic carbocycles. The molecule has 2 rings (SSSR count). The molecule has 0 N–H and O–H groups in total. The van der Waals surface area contributed by atoms with Gasteiger partial charge in [0.05, 0.1) is 0 Å². The van der Waals surface area contributed by atoms with Crippen LogP contribution in [0, 0.1) is 17.8 Å². The maximum Gasteiger partial charge on any atom is 0.306 e. The maximum absolute atomic E-state index is 11.6. The van der Waals surface area contributed by atoms with Gasteiger partial charge in [0.1, 0.15) is 6.10 Å². The molecule has 2 nitrogen and oxygen atoms in total. The lowest BCUT2D eigenvalue weighted by molar-refractivity contribution is -0.151. The predicted octanol–water partition coefficient (Wildman–Crippen LogP) is 6.28. The van der Waals surface area contributed by atoms with Crippen molar-refractivity contribution in [2.75, 3.05) is 0 Å². The molecule has 0 unspecified atom stereocenters. The molecule has 0 aromatic rings. The lowest BCUT2D eigenvalue weighted by atomic mass is 9.70. The van der Waals surface area contributed by atoms with E-state index in [1.165, 1.54) is 64.2 Å². The molecule has 0 radical (unpaired) electrons. The first-order chi connectivity index (χ1) is 11.2. The first-order valence-corrected chi connectivity index (χ1v) is 10.4. The van der Waals surface area contributed by atoms with Gasteiger partial charge in [0.15, 0.2) is 0 Å². The summed E-state index contributed by atoms with van der Waals surface area (Å²) in [5.41, 5.74) is 0. The highest BCUT2D eigenvalue weighted by atomic mass is 16.5. The van der Waals surface area contributed by atoms with E-state index in [2.05, 4.69) is 6.92 Å². The summed E-state index contributed by atoms with van der Waals surface area (Å²) in [6.07, 6.45) is 18.0. The quantitative estimate of drug-likeness (QED) is 0.388. The Morgan fingerprint density at radius 1 is 0.826 bits per heavy atom. The molecule has 0 saturated heterocycles. The summed E-state index contributed by atoms with van der Waals surface area (Å²) in [5.74, 6) is 2.91. The van der Waals surface area contributed by atoms with E-state index in [-0.39, 0.29) is 12.1 Å². The van der Waals surface area contributed by atoms with Crippen molar-refractivity contribution >= 4 is 5.97 Å². The van der Waals surface area contributed by atoms with E-state index in [0.717, 1.165) is 37.0 Å². The zero-order valence-electron chi connectivity index (χ0n) is 15.5. The Bertz CT molecular complexity index is 323. The maximum atomic E-state index is 11.6. The fraction of sp³-hybridized carbons (Fsp3) is 0.952. The summed E-state index contributed by atoms with van der Waals surface area (Å²) in [4.78, 5) is 11.6. The summed E-state index contributed by atoms with van der Waals surface area (Å²) in [6, 6.07) is 0. The minimum Gasteiger partial charge on any atom is -0.462 e. The Morgan fingerprint density at radius 2 is 1.43 bits per heavy atom. The van der Waals surface area contributed by atoms with Crippen molar-refractivity contribution in [3.05, 3.63) is 0 Å². The zero-order valence-corrected chi connectivity index (χ0v) is 15.5. The third-order valence-electron chi connectivity index (χ3n) is 6.25. The first-order valence-electron chi connectivity index (χ1n) is 10.4. The second-order valence-electron chi connectivity index (χ2n) is 8.05. The third kappa shape index (κ3) is 6.47. The summed E-state index contributed by atoms with van der Waals surface area (Å²) >= 11 is 0. The van der Waals surface area contributed by atoms with Gasteiger partial charge in [0, 0.05) is 6.42 Å². The molecular weight excluding hydrogens is 284 g/mol. The number of rotatable bonds is 8. The van der Waals surface area contributed by atoms with E-state index in [1.807, 2.05) is 6.92 Å². The van der Waals surface area contributed by atoms with Gasteiger partial charge in [0.25, 0.3) is 0 Å². The van der Waals surface area contributed by atoms with Crippen molar-refractivity contribution < 1.29 is 9.53 Å². The number of unbranched alkanes of at least 4 members (excludes halogenated alkanes) is 2. The molecule has 0 aromatic carbocycles. The van der Waals surface area contributed by atoms with Crippen molar-refractivity contribution in [1.82, 2.24) is 0 Å². The molecule has 0 aromatic heterocycles. The molecule has 0 amide bonds. The van der Waals surface area contributed by atoms with Gasteiger partial charge in [-0.05, 0) is 62.7 Å². The summed E-state index contributed by atoms with van der Waals surface area (Å²) in [5, 5.41) is 0. The number of ether oxygens (including phenoxy) is 1. The molecule has 0 atom stereocenters. The minimum absolute atomic E-state index is 0.0172. The van der Waals surface area contributed by atoms with E-state index in [1.54, 1.807) is 0 Å². The number of hydrogen-bond donors (Lipinski definition) is 0. The van der Waals surface area contributed by atoms with E-state index in [4.69, 9.17) is 4.74 Å². The van der Waals surface area contributed by atoms with Gasteiger partial charge in [-0.3, -0.25) is 4.79 Å². The van der Waals surface area contributed by atoms with Crippen LogP contribution in [0.2, 0.25) is 0 Å². The lowest BCUT2D eigenvalue weighted by Crippen LogP contribution is -2.29. The van der Waals surface area contributed by atoms with Crippen LogP contribution in [0.1, 0.15) is 104 Å². The second-order valence-corrected chi connectivity index (χ2v) is 8.05. The lowest BCUT2D eigenvalue weighted by Gasteiger charge is -2.37. The highest BCUT2D eigenvalue weighted by molar-refractivity contribution is 5.69. The van der Waals surface area contributed by atoms with Crippen molar-refractivity contribution in [2.24, 2.45) is 17.8 Å². The van der Waals surface area contributed by atoms with Crippen LogP contribution in [-0.2, 0) is 9.53 Å². The largest absolute Gasteiger partial charge is 0.462 e. The smallest absolute Gasteiger partial charge is 0.306 e. The average Bonchev–Trinajstić information content (AvgIpc) is 2.57. The van der Waals surface area contributed by atoms with E-state index >= 15 is 0 Å². The predicted molar refractivity (Wildman–Crippen MR) is 96.3 cm³/mol. The van der Waals surface area contributed by atoms with Gasteiger partial charge >= 0.3 is 5.97 Å². The Morgan fingerprint density at radius 3 is 2.00 bits per heavy atom. The summed E-state index contributed by atoms with van der Waals surface area (Å²) in [7, 11) is 0. The average molecular weight is 323 g/mol. The normalized spacial score (nSPS) is 31.7. The fourth-order valence-electron chi connectivity index (χ4n) is 4.76. The van der Waals surface area contributed by atoms with Crippen molar-refractivity contribution in [2.45, 2.75) is 110 Å². The van der Waals surface area contributed by atoms with E-state index < -0.39 is 0 Å². The number of carbonyl (C=O) groups excluding carboxylic acids is 1. The van der Waals surface area contributed by atoms with E-state index in [9.17, 15) is 4.79 Å². The molecule has 0 bridgehead atoms. The minimum atomic E-state index is 0.0172. The molecule has 2 fully saturated rings. The van der Waals surface area contributed by atoms with Crippen LogP contribution < -0.4 is 0 Å². The van der Waals surface area contributed by atoms with Gasteiger partial charge in [-0.15, -0.1) is 0 Å². The van der Waals surface area contributed by atoms with Crippen LogP contribution in [0.5, 0.6) is 0 Å². The molecule has 2 aliphatic rings. The second kappa shape index (κ2) is 10.4. The summed E-state index contributed by atoms with van der Waals surface area (Å²) < 4.78 is 5.60. The van der Waals surface area contributed by atoms with Crippen molar-refractivity contribution in [3.8, 4) is 0 Å². The zero-order chi connectivity index (χ0) is 16.5. The van der Waals surface area contributed by atoms with Crippen LogP contribution in [0.3, 0.4) is 0 Å². The Labute approximate surface area is 143 Å². The molecule has 2 saturated carbocycles. The van der Waals surface area contributed by atoms with Gasteiger partial charge in [-0.1, -0.05) is 52.4 Å². The van der Waals surface area contributed by atoms with Crippen molar-refractivity contribution in [1.29, 1.82) is 0 Å². The molecule has 134 valence electrons. The topological polar surface area (TPSA) is 26.3 Å². The highest BCUT2D eigenvalue weighted by Gasteiger charge is 2.31. The monoisotopic (exact) mass is 322 g/mol. The van der Waals surface area contributed by atoms with Crippen LogP contribution in [0.15, 0.2) is 0 Å².